The Morgan fingerprint density at radius 1 is 0.846 bits per heavy atom. The van der Waals surface area contributed by atoms with Crippen molar-refractivity contribution in [3.63, 3.8) is 0 Å². The molecule has 0 spiro atoms. The van der Waals surface area contributed by atoms with Crippen LogP contribution in [-0.4, -0.2) is 19.6 Å². The fraction of sp³-hybridized carbons (Fsp3) is 0.900. The van der Waals surface area contributed by atoms with Gasteiger partial charge in [0, 0.05) is 5.92 Å². The van der Waals surface area contributed by atoms with Gasteiger partial charge in [-0.3, -0.25) is 4.18 Å². The van der Waals surface area contributed by atoms with E-state index in [1.807, 2.05) is 6.08 Å². The van der Waals surface area contributed by atoms with Crippen molar-refractivity contribution >= 4 is 10.4 Å². The molecule has 0 aliphatic rings. The first-order valence-electron chi connectivity index (χ1n) is 10.3. The van der Waals surface area contributed by atoms with Crippen LogP contribution in [0.1, 0.15) is 104 Å². The van der Waals surface area contributed by atoms with Gasteiger partial charge in [-0.1, -0.05) is 103 Å². The van der Waals surface area contributed by atoms with Crippen molar-refractivity contribution in [1.82, 2.24) is 0 Å². The first kappa shape index (κ1) is 28.8. The van der Waals surface area contributed by atoms with Crippen molar-refractivity contribution in [3.05, 3.63) is 12.2 Å². The van der Waals surface area contributed by atoms with E-state index in [2.05, 4.69) is 24.1 Å². The van der Waals surface area contributed by atoms with Crippen LogP contribution in [-0.2, 0) is 14.6 Å². The third-order valence-corrected chi connectivity index (χ3v) is 4.91. The predicted molar refractivity (Wildman–Crippen MR) is 104 cm³/mol. The van der Waals surface area contributed by atoms with Gasteiger partial charge in [0.25, 0.3) is 0 Å². The minimum atomic E-state index is -4.59. The molecule has 0 radical (unpaired) electrons. The van der Waals surface area contributed by atoms with E-state index >= 15 is 0 Å². The summed E-state index contributed by atoms with van der Waals surface area (Å²) in [4.78, 5) is 0. The Labute approximate surface area is 184 Å². The number of rotatable bonds is 18. The van der Waals surface area contributed by atoms with E-state index in [-0.39, 0.29) is 42.1 Å². The SMILES string of the molecule is CCCC/C=C/C(CCCCCCCCCCCC)COS(=O)(=O)[O-].[Na+]. The molecule has 6 heteroatoms. The summed E-state index contributed by atoms with van der Waals surface area (Å²) in [6.07, 6.45) is 21.0. The summed E-state index contributed by atoms with van der Waals surface area (Å²) in [7, 11) is -4.59. The van der Waals surface area contributed by atoms with Crippen LogP contribution in [0.5, 0.6) is 0 Å². The van der Waals surface area contributed by atoms with Crippen LogP contribution in [0.25, 0.3) is 0 Å². The van der Waals surface area contributed by atoms with Gasteiger partial charge in [0.2, 0.25) is 10.4 Å². The fourth-order valence-corrected chi connectivity index (χ4v) is 3.25. The molecule has 0 aliphatic heterocycles. The molecule has 0 aromatic rings. The van der Waals surface area contributed by atoms with Gasteiger partial charge in [0.15, 0.2) is 0 Å². The molecular formula is C20H39NaO4S. The molecule has 0 fully saturated rings. The maximum atomic E-state index is 10.7. The Hall–Kier alpha value is 0.610. The topological polar surface area (TPSA) is 66.4 Å². The normalized spacial score (nSPS) is 13.0. The van der Waals surface area contributed by atoms with E-state index in [1.54, 1.807) is 0 Å². The van der Waals surface area contributed by atoms with Gasteiger partial charge in [-0.25, -0.2) is 8.42 Å². The summed E-state index contributed by atoms with van der Waals surface area (Å²) in [6, 6.07) is 0. The first-order valence-corrected chi connectivity index (χ1v) is 11.6. The molecule has 1 unspecified atom stereocenters. The zero-order chi connectivity index (χ0) is 18.8. The van der Waals surface area contributed by atoms with Gasteiger partial charge in [0.1, 0.15) is 0 Å². The molecule has 0 heterocycles. The predicted octanol–water partition coefficient (Wildman–Crippen LogP) is 3.14. The van der Waals surface area contributed by atoms with Crippen molar-refractivity contribution in [1.29, 1.82) is 0 Å². The molecule has 0 N–H and O–H groups in total. The Kier molecular flexibility index (Phi) is 22.6. The van der Waals surface area contributed by atoms with Crippen molar-refractivity contribution < 1.29 is 46.7 Å². The van der Waals surface area contributed by atoms with Gasteiger partial charge in [-0.2, -0.15) is 0 Å². The molecule has 150 valence electrons. The molecule has 26 heavy (non-hydrogen) atoms. The van der Waals surface area contributed by atoms with Crippen LogP contribution in [0.15, 0.2) is 12.2 Å². The molecule has 0 saturated heterocycles. The molecule has 0 aliphatic carbocycles. The van der Waals surface area contributed by atoms with Crippen molar-refractivity contribution in [2.45, 2.75) is 104 Å². The van der Waals surface area contributed by atoms with Crippen molar-refractivity contribution in [3.8, 4) is 0 Å². The molecule has 0 amide bonds. The summed E-state index contributed by atoms with van der Waals surface area (Å²) in [6.45, 7) is 4.36. The minimum absolute atomic E-state index is 0. The minimum Gasteiger partial charge on any atom is -0.726 e. The number of allylic oxidation sites excluding steroid dienone is 1. The average Bonchev–Trinajstić information content (AvgIpc) is 2.56. The van der Waals surface area contributed by atoms with E-state index in [0.29, 0.717) is 0 Å². The number of hydrogen-bond acceptors (Lipinski definition) is 4. The van der Waals surface area contributed by atoms with Gasteiger partial charge >= 0.3 is 29.6 Å². The second kappa shape index (κ2) is 20.3. The van der Waals surface area contributed by atoms with Crippen LogP contribution in [0.2, 0.25) is 0 Å². The van der Waals surface area contributed by atoms with E-state index in [4.69, 9.17) is 0 Å². The van der Waals surface area contributed by atoms with Crippen LogP contribution >= 0.6 is 0 Å². The third kappa shape index (κ3) is 22.7. The summed E-state index contributed by atoms with van der Waals surface area (Å²) in [5.41, 5.74) is 0. The Bertz CT molecular complexity index is 410. The second-order valence-electron chi connectivity index (χ2n) is 6.99. The van der Waals surface area contributed by atoms with Crippen LogP contribution in [0.3, 0.4) is 0 Å². The monoisotopic (exact) mass is 398 g/mol. The molecule has 1 atom stereocenters. The van der Waals surface area contributed by atoms with Gasteiger partial charge in [-0.05, 0) is 12.8 Å². The van der Waals surface area contributed by atoms with Crippen LogP contribution in [0.4, 0.5) is 0 Å². The summed E-state index contributed by atoms with van der Waals surface area (Å²) < 4.78 is 36.4. The zero-order valence-corrected chi connectivity index (χ0v) is 20.2. The van der Waals surface area contributed by atoms with Gasteiger partial charge < -0.3 is 4.55 Å². The van der Waals surface area contributed by atoms with Gasteiger partial charge in [0.05, 0.1) is 6.61 Å². The Morgan fingerprint density at radius 2 is 1.35 bits per heavy atom. The standard InChI is InChI=1S/C20H40O4S.Na/c1-3-5-7-9-10-11-12-13-14-16-18-20(17-15-8-6-4-2)19-24-25(21,22)23;/h15,17,20H,3-14,16,18-19H2,1-2H3,(H,21,22,23);/q;+1/p-1/b17-15+;. The summed E-state index contributed by atoms with van der Waals surface area (Å²) >= 11 is 0. The quantitative estimate of drug-likeness (QED) is 0.117. The average molecular weight is 399 g/mol. The maximum Gasteiger partial charge on any atom is 1.00 e. The zero-order valence-electron chi connectivity index (χ0n) is 17.4. The summed E-state index contributed by atoms with van der Waals surface area (Å²) in [5.74, 6) is 0.0228. The largest absolute Gasteiger partial charge is 1.00 e. The third-order valence-electron chi connectivity index (χ3n) is 4.49. The molecule has 0 bridgehead atoms. The molecule has 4 nitrogen and oxygen atoms in total. The summed E-state index contributed by atoms with van der Waals surface area (Å²) in [5, 5.41) is 0. The fourth-order valence-electron chi connectivity index (χ4n) is 2.91. The van der Waals surface area contributed by atoms with E-state index < -0.39 is 10.4 Å². The van der Waals surface area contributed by atoms with Crippen LogP contribution in [0, 0.1) is 5.92 Å². The van der Waals surface area contributed by atoms with E-state index in [9.17, 15) is 13.0 Å². The van der Waals surface area contributed by atoms with E-state index in [0.717, 1.165) is 32.1 Å². The first-order chi connectivity index (χ1) is 12.0. The van der Waals surface area contributed by atoms with Crippen molar-refractivity contribution in [2.24, 2.45) is 5.92 Å². The smallest absolute Gasteiger partial charge is 0.726 e. The maximum absolute atomic E-state index is 10.7. The molecular weight excluding hydrogens is 359 g/mol. The van der Waals surface area contributed by atoms with Crippen molar-refractivity contribution in [2.75, 3.05) is 6.61 Å². The van der Waals surface area contributed by atoms with Gasteiger partial charge in [-0.15, -0.1) is 0 Å². The van der Waals surface area contributed by atoms with E-state index in [1.165, 1.54) is 57.8 Å². The number of unbranched alkanes of at least 4 members (excludes halogenated alkanes) is 11. The van der Waals surface area contributed by atoms with Crippen LogP contribution < -0.4 is 29.6 Å². The number of hydrogen-bond donors (Lipinski definition) is 0. The molecule has 0 rings (SSSR count). The molecule has 0 saturated carbocycles. The second-order valence-corrected chi connectivity index (χ2v) is 8.05. The Balaban J connectivity index is 0. The Morgan fingerprint density at radius 3 is 1.85 bits per heavy atom. The molecule has 0 aromatic carbocycles. The molecule has 0 aromatic heterocycles.